The molecule has 0 saturated heterocycles. The van der Waals surface area contributed by atoms with Gasteiger partial charge in [0.1, 0.15) is 11.5 Å². The van der Waals surface area contributed by atoms with Crippen LogP contribution in [0.2, 0.25) is 10.0 Å². The number of aromatic nitrogens is 3. The quantitative estimate of drug-likeness (QED) is 0.770. The molecule has 112 valence electrons. The molecule has 0 aliphatic heterocycles. The average Bonchev–Trinajstić information content (AvgIpc) is 2.91. The first-order valence-electron chi connectivity index (χ1n) is 6.24. The van der Waals surface area contributed by atoms with Crippen LogP contribution < -0.4 is 5.32 Å². The van der Waals surface area contributed by atoms with Gasteiger partial charge in [0.25, 0.3) is 0 Å². The number of carbonyl (C=O) groups excluding carboxylic acids is 1. The molecule has 0 aliphatic carbocycles. The molecule has 0 saturated carbocycles. The summed E-state index contributed by atoms with van der Waals surface area (Å²) in [6, 6.07) is 6.92. The Balaban J connectivity index is 2.14. The number of fused-ring (bicyclic) bond motifs is 1. The van der Waals surface area contributed by atoms with Crippen LogP contribution in [0.5, 0.6) is 0 Å². The number of rotatable bonds is 2. The van der Waals surface area contributed by atoms with Crippen LogP contribution in [0, 0.1) is 0 Å². The second kappa shape index (κ2) is 5.82. The third-order valence-corrected chi connectivity index (χ3v) is 3.62. The van der Waals surface area contributed by atoms with E-state index in [9.17, 15) is 4.79 Å². The SMILES string of the molecule is COC(=O)Nc1nccc2nn(-c3c(Cl)cccc3Cl)cc12. The Morgan fingerprint density at radius 2 is 2.00 bits per heavy atom. The molecule has 1 aromatic carbocycles. The van der Waals surface area contributed by atoms with E-state index in [0.717, 1.165) is 0 Å². The van der Waals surface area contributed by atoms with Crippen molar-refractivity contribution in [3.63, 3.8) is 0 Å². The summed E-state index contributed by atoms with van der Waals surface area (Å²) in [6.45, 7) is 0. The lowest BCUT2D eigenvalue weighted by atomic mass is 10.3. The van der Waals surface area contributed by atoms with Gasteiger partial charge in [-0.25, -0.2) is 14.5 Å². The molecular formula is C14H10Cl2N4O2. The number of anilines is 1. The number of hydrogen-bond acceptors (Lipinski definition) is 4. The lowest BCUT2D eigenvalue weighted by Gasteiger charge is -2.05. The van der Waals surface area contributed by atoms with Crippen LogP contribution >= 0.6 is 23.2 Å². The van der Waals surface area contributed by atoms with E-state index < -0.39 is 6.09 Å². The first-order valence-corrected chi connectivity index (χ1v) is 6.99. The zero-order valence-electron chi connectivity index (χ0n) is 11.4. The molecule has 3 aromatic rings. The first-order chi connectivity index (χ1) is 10.6. The van der Waals surface area contributed by atoms with E-state index in [-0.39, 0.29) is 0 Å². The second-order valence-corrected chi connectivity index (χ2v) is 5.17. The highest BCUT2D eigenvalue weighted by Crippen LogP contribution is 2.30. The molecule has 0 bridgehead atoms. The molecule has 0 fully saturated rings. The molecular weight excluding hydrogens is 327 g/mol. The minimum absolute atomic E-state index is 0.346. The largest absolute Gasteiger partial charge is 0.453 e. The van der Waals surface area contributed by atoms with E-state index in [1.807, 2.05) is 0 Å². The van der Waals surface area contributed by atoms with Gasteiger partial charge in [0, 0.05) is 12.4 Å². The molecule has 2 aromatic heterocycles. The van der Waals surface area contributed by atoms with Gasteiger partial charge >= 0.3 is 6.09 Å². The molecule has 1 N–H and O–H groups in total. The van der Waals surface area contributed by atoms with Crippen molar-refractivity contribution < 1.29 is 9.53 Å². The maximum Gasteiger partial charge on any atom is 0.412 e. The van der Waals surface area contributed by atoms with Crippen molar-refractivity contribution in [3.05, 3.63) is 46.7 Å². The van der Waals surface area contributed by atoms with Crippen molar-refractivity contribution in [2.75, 3.05) is 12.4 Å². The highest BCUT2D eigenvalue weighted by atomic mass is 35.5. The first kappa shape index (κ1) is 14.6. The zero-order valence-corrected chi connectivity index (χ0v) is 12.9. The molecule has 0 atom stereocenters. The van der Waals surface area contributed by atoms with E-state index >= 15 is 0 Å². The summed E-state index contributed by atoms with van der Waals surface area (Å²) in [5.41, 5.74) is 1.20. The normalized spacial score (nSPS) is 10.7. The van der Waals surface area contributed by atoms with Crippen LogP contribution in [-0.4, -0.2) is 28.0 Å². The van der Waals surface area contributed by atoms with Crippen LogP contribution in [0.3, 0.4) is 0 Å². The Morgan fingerprint density at radius 3 is 2.68 bits per heavy atom. The number of nitrogens with one attached hydrogen (secondary N) is 1. The number of halogens is 2. The topological polar surface area (TPSA) is 69.0 Å². The van der Waals surface area contributed by atoms with E-state index in [1.54, 1.807) is 41.3 Å². The fourth-order valence-electron chi connectivity index (χ4n) is 2.01. The summed E-state index contributed by atoms with van der Waals surface area (Å²) in [7, 11) is 1.28. The van der Waals surface area contributed by atoms with Crippen molar-refractivity contribution in [2.45, 2.75) is 0 Å². The van der Waals surface area contributed by atoms with Gasteiger partial charge in [-0.1, -0.05) is 29.3 Å². The molecule has 8 heteroatoms. The summed E-state index contributed by atoms with van der Waals surface area (Å²) in [4.78, 5) is 15.5. The summed E-state index contributed by atoms with van der Waals surface area (Å²) in [5, 5.41) is 8.53. The van der Waals surface area contributed by atoms with Crippen molar-refractivity contribution >= 4 is 46.0 Å². The number of amides is 1. The number of methoxy groups -OCH3 is 1. The summed E-state index contributed by atoms with van der Waals surface area (Å²) < 4.78 is 6.13. The number of pyridine rings is 1. The number of benzene rings is 1. The minimum Gasteiger partial charge on any atom is -0.453 e. The average molecular weight is 337 g/mol. The van der Waals surface area contributed by atoms with E-state index in [4.69, 9.17) is 23.2 Å². The molecule has 0 radical (unpaired) electrons. The molecule has 22 heavy (non-hydrogen) atoms. The second-order valence-electron chi connectivity index (χ2n) is 4.35. The predicted molar refractivity (Wildman–Crippen MR) is 84.9 cm³/mol. The van der Waals surface area contributed by atoms with Gasteiger partial charge in [-0.15, -0.1) is 0 Å². The molecule has 0 unspecified atom stereocenters. The van der Waals surface area contributed by atoms with Gasteiger partial charge in [0.2, 0.25) is 0 Å². The minimum atomic E-state index is -0.608. The zero-order chi connectivity index (χ0) is 15.7. The van der Waals surface area contributed by atoms with Gasteiger partial charge in [0.15, 0.2) is 0 Å². The van der Waals surface area contributed by atoms with Gasteiger partial charge in [-0.3, -0.25) is 5.32 Å². The monoisotopic (exact) mass is 336 g/mol. The van der Waals surface area contributed by atoms with Gasteiger partial charge in [0.05, 0.1) is 28.1 Å². The number of carbonyl (C=O) groups is 1. The number of hydrogen-bond donors (Lipinski definition) is 1. The lowest BCUT2D eigenvalue weighted by molar-refractivity contribution is 0.187. The Hall–Kier alpha value is -2.31. The number of ether oxygens (including phenoxy) is 1. The lowest BCUT2D eigenvalue weighted by Crippen LogP contribution is -2.12. The third-order valence-electron chi connectivity index (χ3n) is 3.01. The third kappa shape index (κ3) is 2.58. The Morgan fingerprint density at radius 1 is 1.27 bits per heavy atom. The molecule has 0 aliphatic rings. The van der Waals surface area contributed by atoms with Crippen LogP contribution in [-0.2, 0) is 4.74 Å². The maximum absolute atomic E-state index is 11.4. The van der Waals surface area contributed by atoms with E-state index in [1.165, 1.54) is 7.11 Å². The van der Waals surface area contributed by atoms with Gasteiger partial charge < -0.3 is 4.74 Å². The highest BCUT2D eigenvalue weighted by Gasteiger charge is 2.14. The smallest absolute Gasteiger partial charge is 0.412 e. The number of nitrogens with zero attached hydrogens (tertiary/aromatic N) is 3. The van der Waals surface area contributed by atoms with Gasteiger partial charge in [-0.05, 0) is 18.2 Å². The summed E-state index contributed by atoms with van der Waals surface area (Å²) in [6.07, 6.45) is 2.63. The van der Waals surface area contributed by atoms with Crippen LogP contribution in [0.15, 0.2) is 36.7 Å². The van der Waals surface area contributed by atoms with Crippen molar-refractivity contribution in [2.24, 2.45) is 0 Å². The molecule has 0 spiro atoms. The molecule has 3 rings (SSSR count). The van der Waals surface area contributed by atoms with Crippen LogP contribution in [0.1, 0.15) is 0 Å². The molecule has 2 heterocycles. The fraction of sp³-hybridized carbons (Fsp3) is 0.0714. The Kier molecular flexibility index (Phi) is 3.87. The van der Waals surface area contributed by atoms with E-state index in [0.29, 0.717) is 32.5 Å². The van der Waals surface area contributed by atoms with Crippen LogP contribution in [0.25, 0.3) is 16.6 Å². The molecule has 1 amide bonds. The van der Waals surface area contributed by atoms with Crippen LogP contribution in [0.4, 0.5) is 10.6 Å². The maximum atomic E-state index is 11.4. The fourth-order valence-corrected chi connectivity index (χ4v) is 2.59. The summed E-state index contributed by atoms with van der Waals surface area (Å²) in [5.74, 6) is 0.346. The van der Waals surface area contributed by atoms with Gasteiger partial charge in [-0.2, -0.15) is 5.10 Å². The Labute approximate surface area is 135 Å². The van der Waals surface area contributed by atoms with Crippen molar-refractivity contribution in [1.29, 1.82) is 0 Å². The number of para-hydroxylation sites is 1. The standard InChI is InChI=1S/C14H10Cl2N4O2/c1-22-14(21)18-13-8-7-20(19-11(8)5-6-17-13)12-9(15)3-2-4-10(12)16/h2-7H,1H3,(H,17,18,21). The van der Waals surface area contributed by atoms with E-state index in [2.05, 4.69) is 20.1 Å². The van der Waals surface area contributed by atoms with Crippen molar-refractivity contribution in [3.8, 4) is 5.69 Å². The molecule has 6 nitrogen and oxygen atoms in total. The predicted octanol–water partition coefficient (Wildman–Crippen LogP) is 3.91. The van der Waals surface area contributed by atoms with Crippen molar-refractivity contribution in [1.82, 2.24) is 14.8 Å². The Bertz CT molecular complexity index is 843. The summed E-state index contributed by atoms with van der Waals surface area (Å²) >= 11 is 12.4. The highest BCUT2D eigenvalue weighted by molar-refractivity contribution is 6.37.